The molecule has 0 aromatic heterocycles. The Kier molecular flexibility index (Phi) is 33.7. The third-order valence-corrected chi connectivity index (χ3v) is 11.6. The van der Waals surface area contributed by atoms with E-state index in [4.69, 9.17) is 18.9 Å². The molecule has 0 spiro atoms. The number of ether oxygens (including phenoxy) is 4. The SMILES string of the molecule is CC/C=C\C/C=C\C/C=C\C/C=C\CCCCC(=O)NC(COC1OC(CO)C(OC2OC(CO)C(O)C(O)C2O)C(O)C1O)C(O)/C=C/CC/C=C/CCCCCCCCCCCC. The van der Waals surface area contributed by atoms with Crippen molar-refractivity contribution in [2.45, 2.75) is 222 Å². The zero-order chi connectivity index (χ0) is 47.5. The van der Waals surface area contributed by atoms with Crippen LogP contribution >= 0.6 is 0 Å². The van der Waals surface area contributed by atoms with Crippen LogP contribution in [0, 0.1) is 0 Å². The van der Waals surface area contributed by atoms with Gasteiger partial charge in [0.25, 0.3) is 0 Å². The van der Waals surface area contributed by atoms with Crippen LogP contribution in [0.15, 0.2) is 72.9 Å². The number of rotatable bonds is 36. The summed E-state index contributed by atoms with van der Waals surface area (Å²) < 4.78 is 22.6. The van der Waals surface area contributed by atoms with Crippen LogP contribution in [0.3, 0.4) is 0 Å². The zero-order valence-electron chi connectivity index (χ0n) is 39.4. The van der Waals surface area contributed by atoms with Crippen molar-refractivity contribution in [3.05, 3.63) is 72.9 Å². The summed E-state index contributed by atoms with van der Waals surface area (Å²) in [4.78, 5) is 13.1. The van der Waals surface area contributed by atoms with Gasteiger partial charge in [-0.1, -0.05) is 145 Å². The number of amides is 1. The summed E-state index contributed by atoms with van der Waals surface area (Å²) in [5, 5.41) is 86.6. The van der Waals surface area contributed by atoms with E-state index in [0.29, 0.717) is 12.8 Å². The molecule has 2 heterocycles. The van der Waals surface area contributed by atoms with Crippen LogP contribution in [-0.4, -0.2) is 140 Å². The lowest BCUT2D eigenvalue weighted by atomic mass is 9.97. The van der Waals surface area contributed by atoms with Crippen LogP contribution in [0.25, 0.3) is 0 Å². The second-order valence-electron chi connectivity index (χ2n) is 17.2. The van der Waals surface area contributed by atoms with Crippen molar-refractivity contribution >= 4 is 5.91 Å². The third-order valence-electron chi connectivity index (χ3n) is 11.6. The van der Waals surface area contributed by atoms with Crippen LogP contribution in [0.5, 0.6) is 0 Å². The molecule has 0 bridgehead atoms. The second kappa shape index (κ2) is 37.4. The first kappa shape index (κ1) is 58.6. The van der Waals surface area contributed by atoms with Crippen molar-refractivity contribution in [3.63, 3.8) is 0 Å². The lowest BCUT2D eigenvalue weighted by molar-refractivity contribution is -0.359. The first-order chi connectivity index (χ1) is 31.6. The molecule has 12 atom stereocenters. The maximum Gasteiger partial charge on any atom is 0.220 e. The minimum atomic E-state index is -1.80. The molecule has 2 rings (SSSR count). The van der Waals surface area contributed by atoms with Crippen LogP contribution in [0.4, 0.5) is 0 Å². The molecule has 374 valence electrons. The van der Waals surface area contributed by atoms with E-state index >= 15 is 0 Å². The van der Waals surface area contributed by atoms with Gasteiger partial charge in [-0.2, -0.15) is 0 Å². The molecule has 0 aromatic rings. The molecule has 0 radical (unpaired) electrons. The smallest absolute Gasteiger partial charge is 0.220 e. The molecular weight excluding hydrogens is 835 g/mol. The largest absolute Gasteiger partial charge is 0.394 e. The first-order valence-electron chi connectivity index (χ1n) is 24.7. The number of aliphatic hydroxyl groups excluding tert-OH is 8. The van der Waals surface area contributed by atoms with Gasteiger partial charge < -0.3 is 65.1 Å². The van der Waals surface area contributed by atoms with Gasteiger partial charge in [-0.15, -0.1) is 0 Å². The normalized spacial score (nSPS) is 27.7. The molecule has 2 fully saturated rings. The van der Waals surface area contributed by atoms with E-state index in [2.05, 4.69) is 79.9 Å². The fraction of sp³-hybridized carbons (Fsp3) is 0.745. The highest BCUT2D eigenvalue weighted by Gasteiger charge is 2.51. The molecule has 2 saturated heterocycles. The van der Waals surface area contributed by atoms with Crippen molar-refractivity contribution < 1.29 is 64.6 Å². The molecule has 12 unspecified atom stereocenters. The van der Waals surface area contributed by atoms with Crippen LogP contribution < -0.4 is 5.32 Å². The molecule has 2 aliphatic rings. The average Bonchev–Trinajstić information content (AvgIpc) is 3.30. The lowest BCUT2D eigenvalue weighted by Crippen LogP contribution is -2.65. The highest BCUT2D eigenvalue weighted by Crippen LogP contribution is 2.30. The summed E-state index contributed by atoms with van der Waals surface area (Å²) >= 11 is 0. The van der Waals surface area contributed by atoms with E-state index in [1.807, 2.05) is 6.08 Å². The van der Waals surface area contributed by atoms with E-state index in [9.17, 15) is 45.6 Å². The molecule has 65 heavy (non-hydrogen) atoms. The van der Waals surface area contributed by atoms with Crippen molar-refractivity contribution in [1.29, 1.82) is 0 Å². The van der Waals surface area contributed by atoms with E-state index < -0.39 is 86.8 Å². The Bertz CT molecular complexity index is 1370. The maximum absolute atomic E-state index is 13.1. The topological polar surface area (TPSA) is 228 Å². The Morgan fingerprint density at radius 3 is 1.69 bits per heavy atom. The van der Waals surface area contributed by atoms with E-state index in [1.165, 1.54) is 64.2 Å². The second-order valence-corrected chi connectivity index (χ2v) is 17.2. The predicted molar refractivity (Wildman–Crippen MR) is 253 cm³/mol. The Hall–Kier alpha value is -2.57. The Morgan fingerprint density at radius 1 is 0.569 bits per heavy atom. The van der Waals surface area contributed by atoms with Crippen LogP contribution in [0.1, 0.15) is 149 Å². The lowest BCUT2D eigenvalue weighted by Gasteiger charge is -2.46. The number of carbonyl (C=O) groups excluding carboxylic acids is 1. The standard InChI is InChI=1S/C51H87NO13/c1-3-5-7-9-11-13-15-17-19-21-22-24-26-28-30-32-34-40(55)39(52-43(56)35-33-31-29-27-25-23-20-18-16-14-12-10-8-6-4-2)38-62-50-48(61)46(59)49(42(37-54)64-50)65-51-47(60)45(58)44(57)41(36-53)63-51/h6,8,12,14,18,20,24-27,32,34,39-42,44-51,53-55,57-61H,3-5,7,9-11,13,15-17,19,21-23,28-31,33,35-38H2,1-2H3,(H,52,56)/b8-6-,14-12-,20-18-,26-24+,27-25-,34-32+. The number of hydrogen-bond donors (Lipinski definition) is 9. The number of unbranched alkanes of at least 4 members (excludes halogenated alkanes) is 13. The summed E-state index contributed by atoms with van der Waals surface area (Å²) in [5.41, 5.74) is 0. The van der Waals surface area contributed by atoms with E-state index in [1.54, 1.807) is 6.08 Å². The van der Waals surface area contributed by atoms with Crippen molar-refractivity contribution in [3.8, 4) is 0 Å². The quantitative estimate of drug-likeness (QED) is 0.0258. The Morgan fingerprint density at radius 2 is 1.08 bits per heavy atom. The van der Waals surface area contributed by atoms with Crippen molar-refractivity contribution in [1.82, 2.24) is 5.32 Å². The highest BCUT2D eigenvalue weighted by molar-refractivity contribution is 5.76. The van der Waals surface area contributed by atoms with Gasteiger partial charge >= 0.3 is 0 Å². The fourth-order valence-corrected chi connectivity index (χ4v) is 7.59. The highest BCUT2D eigenvalue weighted by atomic mass is 16.7. The van der Waals surface area contributed by atoms with Crippen molar-refractivity contribution in [2.24, 2.45) is 0 Å². The van der Waals surface area contributed by atoms with Gasteiger partial charge in [-0.3, -0.25) is 4.79 Å². The minimum absolute atomic E-state index is 0.217. The monoisotopic (exact) mass is 922 g/mol. The molecule has 0 aromatic carbocycles. The van der Waals surface area contributed by atoms with Gasteiger partial charge in [-0.05, 0) is 70.6 Å². The van der Waals surface area contributed by atoms with Gasteiger partial charge in [0.1, 0.15) is 48.8 Å². The van der Waals surface area contributed by atoms with Crippen LogP contribution in [-0.2, 0) is 23.7 Å². The average molecular weight is 922 g/mol. The molecule has 9 N–H and O–H groups in total. The number of hydrogen-bond acceptors (Lipinski definition) is 13. The zero-order valence-corrected chi connectivity index (χ0v) is 39.4. The maximum atomic E-state index is 13.1. The Balaban J connectivity index is 1.91. The number of aliphatic hydroxyl groups is 8. The molecule has 1 amide bonds. The summed E-state index contributed by atoms with van der Waals surface area (Å²) in [6, 6.07) is -0.955. The summed E-state index contributed by atoms with van der Waals surface area (Å²) in [6.45, 7) is 2.59. The molecule has 0 saturated carbocycles. The molecule has 2 aliphatic heterocycles. The predicted octanol–water partition coefficient (Wildman–Crippen LogP) is 6.04. The molecular formula is C51H87NO13. The van der Waals surface area contributed by atoms with E-state index in [0.717, 1.165) is 51.4 Å². The van der Waals surface area contributed by atoms with Gasteiger partial charge in [0.05, 0.1) is 32.0 Å². The summed E-state index contributed by atoms with van der Waals surface area (Å²) in [7, 11) is 0. The fourth-order valence-electron chi connectivity index (χ4n) is 7.59. The van der Waals surface area contributed by atoms with Gasteiger partial charge in [-0.25, -0.2) is 0 Å². The number of allylic oxidation sites excluding steroid dienone is 11. The van der Waals surface area contributed by atoms with Crippen molar-refractivity contribution in [2.75, 3.05) is 19.8 Å². The first-order valence-corrected chi connectivity index (χ1v) is 24.7. The Labute approximate surface area is 389 Å². The van der Waals surface area contributed by atoms with Crippen LogP contribution in [0.2, 0.25) is 0 Å². The van der Waals surface area contributed by atoms with Gasteiger partial charge in [0, 0.05) is 6.42 Å². The third kappa shape index (κ3) is 24.9. The minimum Gasteiger partial charge on any atom is -0.394 e. The summed E-state index contributed by atoms with van der Waals surface area (Å²) in [5.74, 6) is -0.294. The number of nitrogens with one attached hydrogen (secondary N) is 1. The van der Waals surface area contributed by atoms with Gasteiger partial charge in [0.2, 0.25) is 5.91 Å². The van der Waals surface area contributed by atoms with Gasteiger partial charge in [0.15, 0.2) is 12.6 Å². The molecule has 0 aliphatic carbocycles. The molecule has 14 heteroatoms. The number of carbonyl (C=O) groups is 1. The summed E-state index contributed by atoms with van der Waals surface area (Å²) in [6.07, 6.45) is 29.5. The van der Waals surface area contributed by atoms with E-state index in [-0.39, 0.29) is 18.9 Å². The molecule has 14 nitrogen and oxygen atoms in total.